The molecule has 9 heteroatoms. The number of benzene rings is 1. The topological polar surface area (TPSA) is 98.0 Å². The molecule has 9 nitrogen and oxygen atoms in total. The number of ether oxygens (including phenoxy) is 2. The van der Waals surface area contributed by atoms with Gasteiger partial charge in [-0.15, -0.1) is 0 Å². The zero-order chi connectivity index (χ0) is 26.2. The van der Waals surface area contributed by atoms with Crippen LogP contribution in [-0.2, 0) is 16.0 Å². The van der Waals surface area contributed by atoms with Gasteiger partial charge in [-0.05, 0) is 25.0 Å². The van der Waals surface area contributed by atoms with Crippen LogP contribution in [0.5, 0.6) is 5.75 Å². The molecule has 0 radical (unpaired) electrons. The highest BCUT2D eigenvalue weighted by atomic mass is 16.5. The Labute approximate surface area is 219 Å². The van der Waals surface area contributed by atoms with E-state index in [0.717, 1.165) is 45.1 Å². The number of aryl methyl sites for hydroxylation is 1. The molecule has 4 rings (SSSR count). The van der Waals surface area contributed by atoms with Crippen LogP contribution in [0, 0.1) is 0 Å². The number of rotatable bonds is 4. The van der Waals surface area contributed by atoms with Crippen LogP contribution in [-0.4, -0.2) is 77.3 Å². The van der Waals surface area contributed by atoms with Gasteiger partial charge >= 0.3 is 0 Å². The Balaban J connectivity index is 1.45. The van der Waals surface area contributed by atoms with Crippen molar-refractivity contribution >= 4 is 11.8 Å². The Morgan fingerprint density at radius 1 is 1.05 bits per heavy atom. The predicted molar refractivity (Wildman–Crippen MR) is 139 cm³/mol. The number of amides is 2. The summed E-state index contributed by atoms with van der Waals surface area (Å²) in [7, 11) is 1.84. The number of hydrogen-bond donors (Lipinski definition) is 0. The van der Waals surface area contributed by atoms with Crippen molar-refractivity contribution in [1.82, 2.24) is 19.9 Å². The van der Waals surface area contributed by atoms with E-state index in [9.17, 15) is 9.59 Å². The molecular weight excluding hydrogens is 472 g/mol. The number of carbonyl (C=O) groups is 2. The third-order valence-corrected chi connectivity index (χ3v) is 7.08. The summed E-state index contributed by atoms with van der Waals surface area (Å²) in [6.07, 6.45) is 6.59. The quantitative estimate of drug-likeness (QED) is 0.605. The first-order valence-electron chi connectivity index (χ1n) is 13.7. The van der Waals surface area contributed by atoms with Crippen LogP contribution in [0.1, 0.15) is 86.8 Å². The van der Waals surface area contributed by atoms with Crippen LogP contribution in [0.25, 0.3) is 0 Å². The zero-order valence-electron chi connectivity index (χ0n) is 22.4. The highest BCUT2D eigenvalue weighted by molar-refractivity contribution is 5.96. The van der Waals surface area contributed by atoms with Crippen molar-refractivity contribution in [2.75, 3.05) is 33.3 Å². The van der Waals surface area contributed by atoms with Gasteiger partial charge < -0.3 is 23.8 Å². The van der Waals surface area contributed by atoms with E-state index in [0.29, 0.717) is 49.1 Å². The molecule has 2 amide bonds. The van der Waals surface area contributed by atoms with Crippen LogP contribution in [0.2, 0.25) is 0 Å². The molecule has 2 aliphatic rings. The van der Waals surface area contributed by atoms with E-state index in [1.807, 2.05) is 39.1 Å². The summed E-state index contributed by atoms with van der Waals surface area (Å²) in [6.45, 7) is 6.23. The lowest BCUT2D eigenvalue weighted by Gasteiger charge is -2.24. The molecule has 0 unspecified atom stereocenters. The van der Waals surface area contributed by atoms with Crippen LogP contribution in [0.3, 0.4) is 0 Å². The number of nitrogens with zero attached hydrogens (tertiary/aromatic N) is 4. The summed E-state index contributed by atoms with van der Waals surface area (Å²) in [5.41, 5.74) is 0.540. The van der Waals surface area contributed by atoms with Crippen molar-refractivity contribution in [3.05, 3.63) is 41.5 Å². The highest BCUT2D eigenvalue weighted by Crippen LogP contribution is 2.26. The van der Waals surface area contributed by atoms with Gasteiger partial charge in [0.25, 0.3) is 5.91 Å². The molecule has 0 saturated carbocycles. The van der Waals surface area contributed by atoms with Gasteiger partial charge in [-0.3, -0.25) is 9.59 Å². The molecule has 0 spiro atoms. The predicted octanol–water partition coefficient (Wildman–Crippen LogP) is 4.23. The van der Waals surface area contributed by atoms with Crippen LogP contribution in [0.4, 0.5) is 0 Å². The van der Waals surface area contributed by atoms with Crippen LogP contribution in [0.15, 0.2) is 28.8 Å². The third kappa shape index (κ3) is 7.31. The first kappa shape index (κ1) is 27.1. The van der Waals surface area contributed by atoms with E-state index < -0.39 is 0 Å². The summed E-state index contributed by atoms with van der Waals surface area (Å²) in [5.74, 6) is 1.79. The number of carbonyl (C=O) groups excluding carboxylic acids is 2. The second-order valence-electron chi connectivity index (χ2n) is 10.4. The average Bonchev–Trinajstić information content (AvgIpc) is 3.53. The van der Waals surface area contributed by atoms with Crippen molar-refractivity contribution < 1.29 is 23.6 Å². The number of fused-ring (bicyclic) bond motifs is 2. The fraction of sp³-hybridized carbons (Fsp3) is 0.643. The van der Waals surface area contributed by atoms with E-state index in [1.54, 1.807) is 15.9 Å². The van der Waals surface area contributed by atoms with E-state index >= 15 is 0 Å². The van der Waals surface area contributed by atoms with Gasteiger partial charge in [0.1, 0.15) is 18.0 Å². The van der Waals surface area contributed by atoms with Crippen molar-refractivity contribution in [3.8, 4) is 5.75 Å². The molecular formula is C28H40N4O5. The van der Waals surface area contributed by atoms with Gasteiger partial charge in [0.15, 0.2) is 5.82 Å². The van der Waals surface area contributed by atoms with E-state index in [2.05, 4.69) is 10.1 Å². The minimum Gasteiger partial charge on any atom is -0.485 e. The van der Waals surface area contributed by atoms with Gasteiger partial charge in [0, 0.05) is 39.0 Å². The lowest BCUT2D eigenvalue weighted by molar-refractivity contribution is -0.130. The summed E-state index contributed by atoms with van der Waals surface area (Å²) >= 11 is 0. The second-order valence-corrected chi connectivity index (χ2v) is 10.4. The first-order chi connectivity index (χ1) is 17.9. The summed E-state index contributed by atoms with van der Waals surface area (Å²) in [5, 5.41) is 3.98. The Morgan fingerprint density at radius 2 is 1.78 bits per heavy atom. The highest BCUT2D eigenvalue weighted by Gasteiger charge is 2.38. The molecule has 37 heavy (non-hydrogen) atoms. The summed E-state index contributed by atoms with van der Waals surface area (Å²) in [6, 6.07) is 7.36. The molecule has 1 fully saturated rings. The molecule has 0 aliphatic carbocycles. The maximum Gasteiger partial charge on any atom is 0.257 e. The van der Waals surface area contributed by atoms with Crippen molar-refractivity contribution in [1.29, 1.82) is 0 Å². The standard InChI is InChI=1S/C28H40N4O5/c1-20(2)27-29-25(37-30-27)14-15-26(33)32-18-23-24(19-32)36-22-13-9-8-12-21(22)28(34)31(3)16-10-6-4-5-7-11-17-35-23/h8-9,12-13,20,23-24H,4-7,10-11,14-19H2,1-3H3/t23-,24-/m1/s1. The molecule has 1 saturated heterocycles. The molecule has 2 aromatic rings. The van der Waals surface area contributed by atoms with Crippen molar-refractivity contribution in [3.63, 3.8) is 0 Å². The molecule has 2 aliphatic heterocycles. The molecule has 0 N–H and O–H groups in total. The van der Waals surface area contributed by atoms with Crippen molar-refractivity contribution in [2.24, 2.45) is 0 Å². The summed E-state index contributed by atoms with van der Waals surface area (Å²) in [4.78, 5) is 34.2. The fourth-order valence-corrected chi connectivity index (χ4v) is 4.81. The van der Waals surface area contributed by atoms with E-state index in [-0.39, 0.29) is 36.4 Å². The average molecular weight is 513 g/mol. The van der Waals surface area contributed by atoms with Gasteiger partial charge in [-0.1, -0.05) is 56.8 Å². The monoisotopic (exact) mass is 512 g/mol. The molecule has 1 aromatic heterocycles. The maximum absolute atomic E-state index is 13.2. The number of hydrogen-bond acceptors (Lipinski definition) is 7. The van der Waals surface area contributed by atoms with Crippen LogP contribution < -0.4 is 4.74 Å². The number of likely N-dealkylation sites (tertiary alicyclic amines) is 1. The van der Waals surface area contributed by atoms with Gasteiger partial charge in [0.2, 0.25) is 11.8 Å². The number of aromatic nitrogens is 2. The van der Waals surface area contributed by atoms with Gasteiger partial charge in [-0.25, -0.2) is 0 Å². The third-order valence-electron chi connectivity index (χ3n) is 7.08. The molecule has 2 atom stereocenters. The first-order valence-corrected chi connectivity index (χ1v) is 13.7. The lowest BCUT2D eigenvalue weighted by atomic mass is 10.1. The largest absolute Gasteiger partial charge is 0.485 e. The fourth-order valence-electron chi connectivity index (χ4n) is 4.81. The Hall–Kier alpha value is -2.94. The molecule has 1 aromatic carbocycles. The lowest BCUT2D eigenvalue weighted by Crippen LogP contribution is -2.34. The van der Waals surface area contributed by atoms with Crippen molar-refractivity contribution in [2.45, 2.75) is 83.3 Å². The minimum atomic E-state index is -0.355. The molecule has 202 valence electrons. The SMILES string of the molecule is CC(C)c1noc(CCC(=O)N2C[C@H]3OCCCCCCCCN(C)C(=O)c4ccccc4O[C@@H]3C2)n1. The minimum absolute atomic E-state index is 0.000941. The van der Waals surface area contributed by atoms with E-state index in [4.69, 9.17) is 14.0 Å². The molecule has 3 heterocycles. The summed E-state index contributed by atoms with van der Waals surface area (Å²) < 4.78 is 17.9. The Morgan fingerprint density at radius 3 is 2.57 bits per heavy atom. The van der Waals surface area contributed by atoms with E-state index in [1.165, 1.54) is 0 Å². The Kier molecular flexibility index (Phi) is 9.55. The normalized spacial score (nSPS) is 22.0. The smallest absolute Gasteiger partial charge is 0.257 e. The second kappa shape index (κ2) is 13.0. The number of para-hydroxylation sites is 1. The van der Waals surface area contributed by atoms with Gasteiger partial charge in [-0.2, -0.15) is 4.98 Å². The maximum atomic E-state index is 13.2. The Bertz CT molecular complexity index is 1040. The molecule has 0 bridgehead atoms. The van der Waals surface area contributed by atoms with Crippen LogP contribution >= 0.6 is 0 Å². The zero-order valence-corrected chi connectivity index (χ0v) is 22.4. The van der Waals surface area contributed by atoms with Gasteiger partial charge in [0.05, 0.1) is 18.7 Å².